The van der Waals surface area contributed by atoms with E-state index >= 15 is 0 Å². The van der Waals surface area contributed by atoms with E-state index in [1.165, 1.54) is 19.3 Å². The van der Waals surface area contributed by atoms with Crippen LogP contribution in [0.25, 0.3) is 22.2 Å². The van der Waals surface area contributed by atoms with E-state index in [9.17, 15) is 4.79 Å². The topological polar surface area (TPSA) is 67.0 Å². The number of fused-ring (bicyclic) bond motifs is 2. The molecule has 5 nitrogen and oxygen atoms in total. The molecule has 3 aromatic rings. The summed E-state index contributed by atoms with van der Waals surface area (Å²) in [5.74, 6) is 1.37. The quantitative estimate of drug-likeness (QED) is 0.759. The van der Waals surface area contributed by atoms with Crippen molar-refractivity contribution in [3.05, 3.63) is 47.8 Å². The molecule has 26 heavy (non-hydrogen) atoms. The lowest BCUT2D eigenvalue weighted by Crippen LogP contribution is -2.24. The van der Waals surface area contributed by atoms with Crippen molar-refractivity contribution < 1.29 is 9.53 Å². The van der Waals surface area contributed by atoms with Gasteiger partial charge in [-0.1, -0.05) is 25.3 Å². The van der Waals surface area contributed by atoms with Crippen LogP contribution in [0.4, 0.5) is 0 Å². The average molecular weight is 347 g/mol. The second-order valence-electron chi connectivity index (χ2n) is 7.22. The van der Waals surface area contributed by atoms with Gasteiger partial charge < -0.3 is 15.0 Å². The van der Waals surface area contributed by atoms with Gasteiger partial charge >= 0.3 is 0 Å². The van der Waals surface area contributed by atoms with E-state index in [1.807, 2.05) is 24.4 Å². The number of benzene rings is 1. The number of rotatable bonds is 3. The molecule has 1 aliphatic carbocycles. The summed E-state index contributed by atoms with van der Waals surface area (Å²) >= 11 is 0. The second kappa shape index (κ2) is 6.16. The molecule has 0 spiro atoms. The van der Waals surface area contributed by atoms with Gasteiger partial charge in [0.2, 0.25) is 0 Å². The van der Waals surface area contributed by atoms with Gasteiger partial charge in [0.15, 0.2) is 0 Å². The van der Waals surface area contributed by atoms with Gasteiger partial charge in [-0.05, 0) is 42.2 Å². The van der Waals surface area contributed by atoms with Crippen molar-refractivity contribution in [3.63, 3.8) is 0 Å². The van der Waals surface area contributed by atoms with Gasteiger partial charge in [0.25, 0.3) is 5.91 Å². The fourth-order valence-electron chi connectivity index (χ4n) is 3.81. The highest BCUT2D eigenvalue weighted by atomic mass is 16.5. The van der Waals surface area contributed by atoms with Crippen LogP contribution < -0.4 is 10.1 Å². The first-order valence-corrected chi connectivity index (χ1v) is 9.30. The van der Waals surface area contributed by atoms with Crippen LogP contribution in [-0.2, 0) is 6.42 Å². The van der Waals surface area contributed by atoms with Crippen molar-refractivity contribution in [2.24, 2.45) is 5.92 Å². The molecule has 132 valence electrons. The number of carbonyl (C=O) groups excluding carboxylic acids is 1. The Morgan fingerprint density at radius 2 is 2.08 bits per heavy atom. The number of aromatic nitrogens is 2. The van der Waals surface area contributed by atoms with Gasteiger partial charge in [0.05, 0.1) is 12.1 Å². The average Bonchev–Trinajstić information content (AvgIpc) is 2.95. The predicted molar refractivity (Wildman–Crippen MR) is 100 cm³/mol. The van der Waals surface area contributed by atoms with Crippen LogP contribution in [0.2, 0.25) is 0 Å². The Kier molecular flexibility index (Phi) is 3.66. The summed E-state index contributed by atoms with van der Waals surface area (Å²) in [6.07, 6.45) is 7.09. The fourth-order valence-corrected chi connectivity index (χ4v) is 3.81. The molecule has 0 saturated heterocycles. The fraction of sp³-hybridized carbons (Fsp3) is 0.333. The highest BCUT2D eigenvalue weighted by Gasteiger charge is 2.20. The van der Waals surface area contributed by atoms with Crippen LogP contribution in [0, 0.1) is 5.92 Å². The lowest BCUT2D eigenvalue weighted by Gasteiger charge is -2.24. The maximum absolute atomic E-state index is 12.1. The zero-order valence-corrected chi connectivity index (χ0v) is 14.5. The third kappa shape index (κ3) is 2.64. The smallest absolute Gasteiger partial charge is 0.255 e. The van der Waals surface area contributed by atoms with Crippen LogP contribution in [0.5, 0.6) is 5.75 Å². The maximum atomic E-state index is 12.1. The van der Waals surface area contributed by atoms with Crippen molar-refractivity contribution in [3.8, 4) is 16.9 Å². The van der Waals surface area contributed by atoms with Gasteiger partial charge in [0.1, 0.15) is 18.0 Å². The number of nitrogens with zero attached hydrogens (tertiary/aromatic N) is 1. The Bertz CT molecular complexity index is 988. The van der Waals surface area contributed by atoms with Gasteiger partial charge in [0, 0.05) is 22.8 Å². The molecule has 3 heterocycles. The van der Waals surface area contributed by atoms with Crippen LogP contribution in [0.3, 0.4) is 0 Å². The summed E-state index contributed by atoms with van der Waals surface area (Å²) in [7, 11) is 0. The molecule has 0 radical (unpaired) electrons. The predicted octanol–water partition coefficient (Wildman–Crippen LogP) is 3.69. The molecule has 5 rings (SSSR count). The van der Waals surface area contributed by atoms with E-state index in [1.54, 1.807) is 0 Å². The lowest BCUT2D eigenvalue weighted by atomic mass is 9.82. The standard InChI is InChI=1S/C21H21N3O2/c25-21-17-6-4-14(11-19(17)26-9-8-22-21)18-12-23-20-16(18)7-5-15(24-20)10-13-2-1-3-13/h4-7,11-13H,1-3,8-10H2,(H,22,25)(H,23,24). The van der Waals surface area contributed by atoms with Crippen LogP contribution >= 0.6 is 0 Å². The molecule has 1 aliphatic heterocycles. The minimum Gasteiger partial charge on any atom is -0.491 e. The summed E-state index contributed by atoms with van der Waals surface area (Å²) in [5.41, 5.74) is 4.78. The molecule has 2 aliphatic rings. The molecule has 2 N–H and O–H groups in total. The summed E-state index contributed by atoms with van der Waals surface area (Å²) < 4.78 is 5.74. The first-order valence-electron chi connectivity index (χ1n) is 9.30. The van der Waals surface area contributed by atoms with Crippen molar-refractivity contribution in [1.82, 2.24) is 15.3 Å². The van der Waals surface area contributed by atoms with Crippen molar-refractivity contribution in [2.75, 3.05) is 13.2 Å². The third-order valence-electron chi connectivity index (χ3n) is 5.50. The summed E-state index contributed by atoms with van der Waals surface area (Å²) in [4.78, 5) is 20.2. The third-order valence-corrected chi connectivity index (χ3v) is 5.50. The van der Waals surface area contributed by atoms with E-state index in [-0.39, 0.29) is 5.91 Å². The number of nitrogens with one attached hydrogen (secondary N) is 2. The Balaban J connectivity index is 1.50. The van der Waals surface area contributed by atoms with Crippen LogP contribution in [0.15, 0.2) is 36.5 Å². The molecular weight excluding hydrogens is 326 g/mol. The second-order valence-corrected chi connectivity index (χ2v) is 7.22. The molecule has 2 aromatic heterocycles. The number of amides is 1. The number of pyridine rings is 1. The van der Waals surface area contributed by atoms with E-state index in [4.69, 9.17) is 9.72 Å². The molecule has 5 heteroatoms. The number of hydrogen-bond donors (Lipinski definition) is 2. The molecular formula is C21H21N3O2. The summed E-state index contributed by atoms with van der Waals surface area (Å²) in [6.45, 7) is 1.02. The van der Waals surface area contributed by atoms with Crippen molar-refractivity contribution >= 4 is 16.9 Å². The molecule has 1 saturated carbocycles. The van der Waals surface area contributed by atoms with Crippen LogP contribution in [-0.4, -0.2) is 29.0 Å². The molecule has 0 atom stereocenters. The summed E-state index contributed by atoms with van der Waals surface area (Å²) in [5, 5.41) is 3.93. The Morgan fingerprint density at radius 1 is 1.15 bits per heavy atom. The minimum absolute atomic E-state index is 0.0784. The van der Waals surface area contributed by atoms with Gasteiger partial charge in [-0.15, -0.1) is 0 Å². The lowest BCUT2D eigenvalue weighted by molar-refractivity contribution is 0.0957. The van der Waals surface area contributed by atoms with Gasteiger partial charge in [-0.25, -0.2) is 4.98 Å². The first kappa shape index (κ1) is 15.4. The molecule has 1 amide bonds. The first-order chi connectivity index (χ1) is 12.8. The number of ether oxygens (including phenoxy) is 1. The zero-order valence-electron chi connectivity index (χ0n) is 14.5. The number of hydrogen-bond acceptors (Lipinski definition) is 3. The number of H-pyrrole nitrogens is 1. The molecule has 1 aromatic carbocycles. The van der Waals surface area contributed by atoms with E-state index in [0.29, 0.717) is 24.5 Å². The maximum Gasteiger partial charge on any atom is 0.255 e. The van der Waals surface area contributed by atoms with Crippen LogP contribution in [0.1, 0.15) is 35.3 Å². The van der Waals surface area contributed by atoms with E-state index < -0.39 is 0 Å². The van der Waals surface area contributed by atoms with Crippen molar-refractivity contribution in [1.29, 1.82) is 0 Å². The Labute approximate surface area is 151 Å². The highest BCUT2D eigenvalue weighted by molar-refractivity contribution is 5.99. The van der Waals surface area contributed by atoms with Gasteiger partial charge in [-0.2, -0.15) is 0 Å². The SMILES string of the molecule is O=C1NCCOc2cc(-c3c[nH]c4nc(CC5CCC5)ccc34)ccc21. The minimum atomic E-state index is -0.0784. The largest absolute Gasteiger partial charge is 0.491 e. The number of carbonyl (C=O) groups is 1. The van der Waals surface area contributed by atoms with E-state index in [2.05, 4.69) is 22.4 Å². The number of aromatic amines is 1. The monoisotopic (exact) mass is 347 g/mol. The van der Waals surface area contributed by atoms with Crippen molar-refractivity contribution in [2.45, 2.75) is 25.7 Å². The highest BCUT2D eigenvalue weighted by Crippen LogP contribution is 2.34. The molecule has 1 fully saturated rings. The van der Waals surface area contributed by atoms with Gasteiger partial charge in [-0.3, -0.25) is 4.79 Å². The Hall–Kier alpha value is -2.82. The summed E-state index contributed by atoms with van der Waals surface area (Å²) in [6, 6.07) is 10.1. The molecule has 0 bridgehead atoms. The molecule has 0 unspecified atom stereocenters. The zero-order chi connectivity index (χ0) is 17.5. The van der Waals surface area contributed by atoms with E-state index in [0.717, 1.165) is 40.2 Å². The Morgan fingerprint density at radius 3 is 2.92 bits per heavy atom. The normalized spacial score (nSPS) is 17.2.